The van der Waals surface area contributed by atoms with Crippen molar-refractivity contribution in [2.24, 2.45) is 0 Å². The van der Waals surface area contributed by atoms with Gasteiger partial charge in [-0.25, -0.2) is 4.39 Å². The average molecular weight is 318 g/mol. The van der Waals surface area contributed by atoms with Gasteiger partial charge in [0.1, 0.15) is 11.6 Å². The number of hydrogen-bond donors (Lipinski definition) is 1. The molecule has 0 radical (unpaired) electrons. The lowest BCUT2D eigenvalue weighted by atomic mass is 9.96. The standard InChI is InChI=1S/C14H14F4N2O2/c15-10-5-8-11(20-3-2-19-7-13(20)21)1-4-22-12(8)6-9(10)14(16,17)18/h5-6,11,19H,1-4,7H2. The SMILES string of the molecule is O=C1CNCCN1C1CCOc2cc(C(F)(F)F)c(F)cc21. The maximum Gasteiger partial charge on any atom is 0.419 e. The first-order valence-electron chi connectivity index (χ1n) is 6.91. The van der Waals surface area contributed by atoms with Gasteiger partial charge < -0.3 is 15.0 Å². The number of amides is 1. The molecule has 1 aromatic rings. The number of nitrogens with one attached hydrogen (secondary N) is 1. The van der Waals surface area contributed by atoms with E-state index in [1.807, 2.05) is 0 Å². The van der Waals surface area contributed by atoms with Gasteiger partial charge in [-0.1, -0.05) is 0 Å². The fourth-order valence-corrected chi connectivity index (χ4v) is 2.88. The molecule has 1 N–H and O–H groups in total. The third-order valence-electron chi connectivity index (χ3n) is 3.92. The minimum atomic E-state index is -4.78. The highest BCUT2D eigenvalue weighted by Gasteiger charge is 2.38. The van der Waals surface area contributed by atoms with Crippen LogP contribution in [0.4, 0.5) is 17.6 Å². The van der Waals surface area contributed by atoms with E-state index >= 15 is 0 Å². The minimum Gasteiger partial charge on any atom is -0.493 e. The molecule has 0 aliphatic carbocycles. The van der Waals surface area contributed by atoms with E-state index in [1.54, 1.807) is 4.90 Å². The van der Waals surface area contributed by atoms with Crippen molar-refractivity contribution in [1.82, 2.24) is 10.2 Å². The number of ether oxygens (including phenoxy) is 1. The Labute approximate surface area is 124 Å². The van der Waals surface area contributed by atoms with Crippen LogP contribution in [0.2, 0.25) is 0 Å². The van der Waals surface area contributed by atoms with Crippen molar-refractivity contribution in [1.29, 1.82) is 0 Å². The van der Waals surface area contributed by atoms with Gasteiger partial charge in [0.15, 0.2) is 0 Å². The Morgan fingerprint density at radius 2 is 2.09 bits per heavy atom. The number of piperazine rings is 1. The Balaban J connectivity index is 2.00. The molecule has 2 heterocycles. The van der Waals surface area contributed by atoms with E-state index in [0.717, 1.165) is 6.07 Å². The van der Waals surface area contributed by atoms with Gasteiger partial charge in [-0.05, 0) is 12.1 Å². The predicted molar refractivity (Wildman–Crippen MR) is 68.8 cm³/mol. The van der Waals surface area contributed by atoms with Crippen LogP contribution < -0.4 is 10.1 Å². The van der Waals surface area contributed by atoms with Crippen molar-refractivity contribution in [3.05, 3.63) is 29.1 Å². The lowest BCUT2D eigenvalue weighted by Gasteiger charge is -2.38. The molecule has 4 nitrogen and oxygen atoms in total. The van der Waals surface area contributed by atoms with Gasteiger partial charge in [-0.3, -0.25) is 4.79 Å². The van der Waals surface area contributed by atoms with Crippen LogP contribution in [0, 0.1) is 5.82 Å². The van der Waals surface area contributed by atoms with Crippen LogP contribution in [0.1, 0.15) is 23.6 Å². The zero-order chi connectivity index (χ0) is 15.9. The van der Waals surface area contributed by atoms with Gasteiger partial charge in [0.2, 0.25) is 5.91 Å². The summed E-state index contributed by atoms with van der Waals surface area (Å²) in [4.78, 5) is 13.5. The largest absolute Gasteiger partial charge is 0.493 e. The Bertz CT molecular complexity index is 603. The molecule has 0 bridgehead atoms. The van der Waals surface area contributed by atoms with E-state index in [9.17, 15) is 22.4 Å². The van der Waals surface area contributed by atoms with Crippen LogP contribution in [0.15, 0.2) is 12.1 Å². The summed E-state index contributed by atoms with van der Waals surface area (Å²) in [5.41, 5.74) is -1.05. The molecule has 1 aromatic carbocycles. The Kier molecular flexibility index (Phi) is 3.72. The molecule has 22 heavy (non-hydrogen) atoms. The fraction of sp³-hybridized carbons (Fsp3) is 0.500. The van der Waals surface area contributed by atoms with Gasteiger partial charge in [-0.2, -0.15) is 13.2 Å². The van der Waals surface area contributed by atoms with Gasteiger partial charge in [0.05, 0.1) is 24.8 Å². The molecule has 8 heteroatoms. The number of benzene rings is 1. The number of hydrogen-bond acceptors (Lipinski definition) is 3. The molecule has 120 valence electrons. The quantitative estimate of drug-likeness (QED) is 0.806. The van der Waals surface area contributed by atoms with E-state index in [2.05, 4.69) is 5.32 Å². The van der Waals surface area contributed by atoms with Crippen molar-refractivity contribution in [3.8, 4) is 5.75 Å². The first-order valence-corrected chi connectivity index (χ1v) is 6.91. The maximum absolute atomic E-state index is 13.8. The predicted octanol–water partition coefficient (Wildman–Crippen LogP) is 2.10. The summed E-state index contributed by atoms with van der Waals surface area (Å²) in [6.07, 6.45) is -4.34. The van der Waals surface area contributed by atoms with Crippen LogP contribution in [0.3, 0.4) is 0 Å². The number of carbonyl (C=O) groups excluding carboxylic acids is 1. The summed E-state index contributed by atoms with van der Waals surface area (Å²) in [5, 5.41) is 2.92. The second-order valence-corrected chi connectivity index (χ2v) is 5.28. The lowest BCUT2D eigenvalue weighted by molar-refractivity contribution is -0.140. The van der Waals surface area contributed by atoms with Crippen LogP contribution in [-0.4, -0.2) is 37.0 Å². The summed E-state index contributed by atoms with van der Waals surface area (Å²) in [5.74, 6) is -1.50. The van der Waals surface area contributed by atoms with Crippen LogP contribution >= 0.6 is 0 Å². The monoisotopic (exact) mass is 318 g/mol. The Hall–Kier alpha value is -1.83. The highest BCUT2D eigenvalue weighted by molar-refractivity contribution is 5.79. The van der Waals surface area contributed by atoms with Crippen LogP contribution in [0.25, 0.3) is 0 Å². The lowest BCUT2D eigenvalue weighted by Crippen LogP contribution is -2.50. The molecule has 3 rings (SSSR count). The highest BCUT2D eigenvalue weighted by atomic mass is 19.4. The molecule has 2 aliphatic heterocycles. The normalized spacial score (nSPS) is 22.3. The number of halogens is 4. The second kappa shape index (κ2) is 5.42. The molecular formula is C14H14F4N2O2. The molecule has 1 fully saturated rings. The number of carbonyl (C=O) groups is 1. The van der Waals surface area contributed by atoms with Crippen LogP contribution in [-0.2, 0) is 11.0 Å². The van der Waals surface area contributed by atoms with Gasteiger partial charge in [-0.15, -0.1) is 0 Å². The van der Waals surface area contributed by atoms with Crippen molar-refractivity contribution >= 4 is 5.91 Å². The minimum absolute atomic E-state index is 0.00342. The number of alkyl halides is 3. The van der Waals surface area contributed by atoms with E-state index < -0.39 is 23.6 Å². The van der Waals surface area contributed by atoms with Crippen molar-refractivity contribution in [2.45, 2.75) is 18.6 Å². The molecule has 1 unspecified atom stereocenters. The average Bonchev–Trinajstić information content (AvgIpc) is 2.45. The molecule has 0 aromatic heterocycles. The van der Waals surface area contributed by atoms with E-state index in [4.69, 9.17) is 4.74 Å². The molecule has 0 spiro atoms. The second-order valence-electron chi connectivity index (χ2n) is 5.28. The summed E-state index contributed by atoms with van der Waals surface area (Å²) in [7, 11) is 0. The zero-order valence-electron chi connectivity index (χ0n) is 11.5. The number of nitrogens with zero attached hydrogens (tertiary/aromatic N) is 1. The number of rotatable bonds is 1. The zero-order valence-corrected chi connectivity index (χ0v) is 11.5. The van der Waals surface area contributed by atoms with Crippen molar-refractivity contribution < 1.29 is 27.1 Å². The molecule has 1 saturated heterocycles. The third-order valence-corrected chi connectivity index (χ3v) is 3.92. The third kappa shape index (κ3) is 2.63. The Morgan fingerprint density at radius 1 is 1.32 bits per heavy atom. The van der Waals surface area contributed by atoms with Gasteiger partial charge in [0, 0.05) is 25.1 Å². The van der Waals surface area contributed by atoms with Crippen molar-refractivity contribution in [3.63, 3.8) is 0 Å². The first-order chi connectivity index (χ1) is 10.4. The molecule has 0 saturated carbocycles. The maximum atomic E-state index is 13.8. The summed E-state index contributed by atoms with van der Waals surface area (Å²) in [6, 6.07) is 1.08. The highest BCUT2D eigenvalue weighted by Crippen LogP contribution is 2.41. The summed E-state index contributed by atoms with van der Waals surface area (Å²) in [6.45, 7) is 1.40. The first kappa shape index (κ1) is 15.1. The smallest absolute Gasteiger partial charge is 0.419 e. The van der Waals surface area contributed by atoms with E-state index in [-0.39, 0.29) is 24.8 Å². The summed E-state index contributed by atoms with van der Waals surface area (Å²) < 4.78 is 57.4. The fourth-order valence-electron chi connectivity index (χ4n) is 2.88. The summed E-state index contributed by atoms with van der Waals surface area (Å²) >= 11 is 0. The van der Waals surface area contributed by atoms with Gasteiger partial charge in [0.25, 0.3) is 0 Å². The van der Waals surface area contributed by atoms with Crippen molar-refractivity contribution in [2.75, 3.05) is 26.2 Å². The van der Waals surface area contributed by atoms with Crippen LogP contribution in [0.5, 0.6) is 5.75 Å². The molecule has 1 amide bonds. The molecular weight excluding hydrogens is 304 g/mol. The molecule has 1 atom stereocenters. The Morgan fingerprint density at radius 3 is 2.77 bits per heavy atom. The van der Waals surface area contributed by atoms with Gasteiger partial charge >= 0.3 is 6.18 Å². The number of fused-ring (bicyclic) bond motifs is 1. The topological polar surface area (TPSA) is 41.6 Å². The molecule has 2 aliphatic rings. The van der Waals surface area contributed by atoms with E-state index in [0.29, 0.717) is 31.1 Å². The van der Waals surface area contributed by atoms with E-state index in [1.165, 1.54) is 0 Å².